The van der Waals surface area contributed by atoms with Gasteiger partial charge in [-0.05, 0) is 40.3 Å². The predicted octanol–water partition coefficient (Wildman–Crippen LogP) is 8.34. The van der Waals surface area contributed by atoms with E-state index in [1.54, 1.807) is 6.92 Å². The standard InChI is InChI=1S/C29H23BrINO2/c1-2-27(33)34-19-22-14-9-15-25(24-17-16-23(30)18-26(24)31)29(22)32-28(20-10-5-3-6-11-20)21-12-7-4-8-13-21/h3-18H,2,19H2,1H3. The van der Waals surface area contributed by atoms with E-state index in [1.165, 1.54) is 0 Å². The second-order valence-electron chi connectivity index (χ2n) is 7.64. The number of rotatable bonds is 7. The van der Waals surface area contributed by atoms with Gasteiger partial charge in [-0.3, -0.25) is 4.79 Å². The van der Waals surface area contributed by atoms with Crippen LogP contribution < -0.4 is 0 Å². The molecule has 0 bridgehead atoms. The van der Waals surface area contributed by atoms with Crippen molar-refractivity contribution in [3.05, 3.63) is 122 Å². The van der Waals surface area contributed by atoms with Crippen molar-refractivity contribution in [2.75, 3.05) is 0 Å². The van der Waals surface area contributed by atoms with Crippen molar-refractivity contribution in [2.24, 2.45) is 4.99 Å². The molecule has 0 saturated carbocycles. The van der Waals surface area contributed by atoms with Crippen LogP contribution in [0.25, 0.3) is 11.1 Å². The van der Waals surface area contributed by atoms with Crippen LogP contribution in [0.2, 0.25) is 0 Å². The fourth-order valence-corrected chi connectivity index (χ4v) is 5.22. The number of carbonyl (C=O) groups excluding carboxylic acids is 1. The van der Waals surface area contributed by atoms with Gasteiger partial charge in [0.1, 0.15) is 6.61 Å². The molecule has 5 heteroatoms. The van der Waals surface area contributed by atoms with Crippen LogP contribution in [0.3, 0.4) is 0 Å². The van der Waals surface area contributed by atoms with Gasteiger partial charge >= 0.3 is 5.97 Å². The largest absolute Gasteiger partial charge is 0.461 e. The highest BCUT2D eigenvalue weighted by Crippen LogP contribution is 2.38. The van der Waals surface area contributed by atoms with Gasteiger partial charge in [0.15, 0.2) is 0 Å². The maximum absolute atomic E-state index is 11.9. The SMILES string of the molecule is CCC(=O)OCc1cccc(-c2ccc(Br)cc2I)c1N=C(c1ccccc1)c1ccccc1. The van der Waals surface area contributed by atoms with E-state index in [-0.39, 0.29) is 12.6 Å². The van der Waals surface area contributed by atoms with Crippen LogP contribution in [-0.4, -0.2) is 11.7 Å². The fourth-order valence-electron chi connectivity index (χ4n) is 3.63. The summed E-state index contributed by atoms with van der Waals surface area (Å²) in [6.07, 6.45) is 0.335. The number of nitrogens with zero attached hydrogens (tertiary/aromatic N) is 1. The van der Waals surface area contributed by atoms with Gasteiger partial charge in [0.05, 0.1) is 11.4 Å². The molecule has 0 N–H and O–H groups in total. The van der Waals surface area contributed by atoms with Gasteiger partial charge in [-0.25, -0.2) is 4.99 Å². The van der Waals surface area contributed by atoms with Gasteiger partial charge in [-0.2, -0.15) is 0 Å². The summed E-state index contributed by atoms with van der Waals surface area (Å²) in [7, 11) is 0. The Morgan fingerprint density at radius 2 is 1.50 bits per heavy atom. The van der Waals surface area contributed by atoms with E-state index in [4.69, 9.17) is 9.73 Å². The van der Waals surface area contributed by atoms with Crippen LogP contribution in [0.15, 0.2) is 107 Å². The molecule has 0 unspecified atom stereocenters. The molecule has 0 aromatic heterocycles. The summed E-state index contributed by atoms with van der Waals surface area (Å²) in [5, 5.41) is 0. The predicted molar refractivity (Wildman–Crippen MR) is 151 cm³/mol. The Kier molecular flexibility index (Phi) is 8.29. The molecular weight excluding hydrogens is 601 g/mol. The van der Waals surface area contributed by atoms with E-state index in [2.05, 4.69) is 81.0 Å². The minimum atomic E-state index is -0.232. The normalized spacial score (nSPS) is 10.6. The Bertz CT molecular complexity index is 1280. The monoisotopic (exact) mass is 623 g/mol. The van der Waals surface area contributed by atoms with Gasteiger partial charge in [0.2, 0.25) is 0 Å². The molecule has 0 radical (unpaired) electrons. The highest BCUT2D eigenvalue weighted by atomic mass is 127. The molecule has 4 aromatic carbocycles. The molecule has 0 aliphatic rings. The van der Waals surface area contributed by atoms with Crippen molar-refractivity contribution in [3.63, 3.8) is 0 Å². The summed E-state index contributed by atoms with van der Waals surface area (Å²) in [4.78, 5) is 17.2. The van der Waals surface area contributed by atoms with Gasteiger partial charge in [-0.15, -0.1) is 0 Å². The average molecular weight is 624 g/mol. The lowest BCUT2D eigenvalue weighted by Gasteiger charge is -2.16. The lowest BCUT2D eigenvalue weighted by Crippen LogP contribution is -2.05. The van der Waals surface area contributed by atoms with Crippen LogP contribution in [-0.2, 0) is 16.1 Å². The Morgan fingerprint density at radius 1 is 0.853 bits per heavy atom. The summed E-state index contributed by atoms with van der Waals surface area (Å²) in [5.41, 5.74) is 6.63. The van der Waals surface area contributed by atoms with Crippen molar-refractivity contribution >= 4 is 55.9 Å². The molecular formula is C29H23BrINO2. The molecule has 0 heterocycles. The first kappa shape index (κ1) is 24.4. The molecule has 0 spiro atoms. The number of esters is 1. The Morgan fingerprint density at radius 3 is 2.09 bits per heavy atom. The molecule has 4 aromatic rings. The second kappa shape index (κ2) is 11.6. The van der Waals surface area contributed by atoms with Gasteiger partial charge < -0.3 is 4.74 Å². The Labute approximate surface area is 222 Å². The highest BCUT2D eigenvalue weighted by Gasteiger charge is 2.16. The topological polar surface area (TPSA) is 38.7 Å². The lowest BCUT2D eigenvalue weighted by atomic mass is 9.98. The second-order valence-corrected chi connectivity index (χ2v) is 9.72. The Balaban J connectivity index is 1.96. The van der Waals surface area contributed by atoms with Crippen LogP contribution in [0.4, 0.5) is 5.69 Å². The van der Waals surface area contributed by atoms with Crippen molar-refractivity contribution in [1.82, 2.24) is 0 Å². The fraction of sp³-hybridized carbons (Fsp3) is 0.103. The number of hydrogen-bond donors (Lipinski definition) is 0. The van der Waals surface area contributed by atoms with Crippen molar-refractivity contribution in [3.8, 4) is 11.1 Å². The molecule has 170 valence electrons. The summed E-state index contributed by atoms with van der Waals surface area (Å²) in [5.74, 6) is -0.232. The molecule has 3 nitrogen and oxygen atoms in total. The first-order valence-corrected chi connectivity index (χ1v) is 12.9. The molecule has 34 heavy (non-hydrogen) atoms. The van der Waals surface area contributed by atoms with Gasteiger partial charge in [0.25, 0.3) is 0 Å². The number of halogens is 2. The third-order valence-electron chi connectivity index (χ3n) is 5.34. The zero-order valence-corrected chi connectivity index (χ0v) is 22.4. The van der Waals surface area contributed by atoms with Crippen LogP contribution in [0.5, 0.6) is 0 Å². The minimum absolute atomic E-state index is 0.170. The molecule has 0 atom stereocenters. The molecule has 0 fully saturated rings. The molecule has 0 saturated heterocycles. The summed E-state index contributed by atoms with van der Waals surface area (Å²) >= 11 is 5.91. The van der Waals surface area contributed by atoms with E-state index < -0.39 is 0 Å². The summed E-state index contributed by atoms with van der Waals surface area (Å²) in [6, 6.07) is 32.6. The van der Waals surface area contributed by atoms with E-state index >= 15 is 0 Å². The quantitative estimate of drug-likeness (QED) is 0.118. The third-order valence-corrected chi connectivity index (χ3v) is 6.72. The minimum Gasteiger partial charge on any atom is -0.461 e. The maximum atomic E-state index is 11.9. The Hall–Kier alpha value is -2.77. The zero-order chi connectivity index (χ0) is 23.9. The molecule has 0 aliphatic carbocycles. The average Bonchev–Trinajstić information content (AvgIpc) is 2.87. The molecule has 0 amide bonds. The van der Waals surface area contributed by atoms with Gasteiger partial charge in [-0.1, -0.05) is 108 Å². The lowest BCUT2D eigenvalue weighted by molar-refractivity contribution is -0.144. The number of aliphatic imine (C=N–C) groups is 1. The van der Waals surface area contributed by atoms with E-state index in [0.717, 1.165) is 47.3 Å². The summed E-state index contributed by atoms with van der Waals surface area (Å²) in [6.45, 7) is 1.97. The third kappa shape index (κ3) is 5.83. The highest BCUT2D eigenvalue weighted by molar-refractivity contribution is 14.1. The van der Waals surface area contributed by atoms with E-state index in [0.29, 0.717) is 6.42 Å². The van der Waals surface area contributed by atoms with Crippen molar-refractivity contribution in [1.29, 1.82) is 0 Å². The first-order valence-electron chi connectivity index (χ1n) is 11.0. The first-order chi connectivity index (χ1) is 16.6. The number of ether oxygens (including phenoxy) is 1. The number of benzene rings is 4. The van der Waals surface area contributed by atoms with E-state index in [1.807, 2.05) is 54.6 Å². The van der Waals surface area contributed by atoms with Gasteiger partial charge in [0, 0.05) is 36.7 Å². The number of carbonyl (C=O) groups is 1. The van der Waals surface area contributed by atoms with Crippen LogP contribution in [0, 0.1) is 3.57 Å². The molecule has 4 rings (SSSR count). The van der Waals surface area contributed by atoms with Crippen molar-refractivity contribution in [2.45, 2.75) is 20.0 Å². The summed E-state index contributed by atoms with van der Waals surface area (Å²) < 4.78 is 7.66. The van der Waals surface area contributed by atoms with Crippen molar-refractivity contribution < 1.29 is 9.53 Å². The maximum Gasteiger partial charge on any atom is 0.305 e. The number of para-hydroxylation sites is 1. The zero-order valence-electron chi connectivity index (χ0n) is 18.7. The van der Waals surface area contributed by atoms with Crippen LogP contribution in [0.1, 0.15) is 30.0 Å². The molecule has 0 aliphatic heterocycles. The smallest absolute Gasteiger partial charge is 0.305 e. The van der Waals surface area contributed by atoms with E-state index in [9.17, 15) is 4.79 Å². The van der Waals surface area contributed by atoms with Crippen LogP contribution >= 0.6 is 38.5 Å². The number of hydrogen-bond acceptors (Lipinski definition) is 3.